The molecule has 1 aliphatic heterocycles. The van der Waals surface area contributed by atoms with Crippen molar-refractivity contribution in [2.24, 2.45) is 0 Å². The summed E-state index contributed by atoms with van der Waals surface area (Å²) in [4.78, 5) is 18.0. The van der Waals surface area contributed by atoms with Crippen molar-refractivity contribution >= 4 is 44.2 Å². The number of anilines is 1. The number of nitrogens with zero attached hydrogens (tertiary/aromatic N) is 2. The maximum atomic E-state index is 11.1. The smallest absolute Gasteiger partial charge is 0.217 e. The van der Waals surface area contributed by atoms with Crippen molar-refractivity contribution < 1.29 is 4.79 Å². The van der Waals surface area contributed by atoms with Crippen LogP contribution in [0.3, 0.4) is 0 Å². The number of hydrogen-bond acceptors (Lipinski definition) is 4. The first-order valence-electron chi connectivity index (χ1n) is 6.70. The lowest BCUT2D eigenvalue weighted by Crippen LogP contribution is -2.44. The summed E-state index contributed by atoms with van der Waals surface area (Å²) >= 11 is 7.68. The normalized spacial score (nSPS) is 16.6. The minimum Gasteiger partial charge on any atom is -0.353 e. The molecule has 2 heterocycles. The Morgan fingerprint density at radius 2 is 2.20 bits per heavy atom. The third-order valence-corrected chi connectivity index (χ3v) is 4.83. The van der Waals surface area contributed by atoms with Crippen molar-refractivity contribution in [3.63, 3.8) is 0 Å². The monoisotopic (exact) mass is 309 g/mol. The third-order valence-electron chi connectivity index (χ3n) is 3.51. The van der Waals surface area contributed by atoms with E-state index in [2.05, 4.69) is 15.2 Å². The van der Waals surface area contributed by atoms with Crippen LogP contribution in [0.4, 0.5) is 5.13 Å². The SMILES string of the molecule is CC(=O)NC1CCN(c2nc3ccc(Cl)cc3s2)CC1. The second-order valence-corrected chi connectivity index (χ2v) is 6.52. The Morgan fingerprint density at radius 3 is 2.90 bits per heavy atom. The lowest BCUT2D eigenvalue weighted by atomic mass is 10.1. The van der Waals surface area contributed by atoms with Crippen LogP contribution in [0.5, 0.6) is 0 Å². The van der Waals surface area contributed by atoms with Gasteiger partial charge in [0, 0.05) is 31.1 Å². The van der Waals surface area contributed by atoms with E-state index in [1.165, 1.54) is 0 Å². The number of carbonyl (C=O) groups excluding carboxylic acids is 1. The Labute approximate surface area is 126 Å². The summed E-state index contributed by atoms with van der Waals surface area (Å²) in [5.41, 5.74) is 0.999. The summed E-state index contributed by atoms with van der Waals surface area (Å²) in [7, 11) is 0. The van der Waals surface area contributed by atoms with Gasteiger partial charge in [-0.1, -0.05) is 22.9 Å². The molecule has 1 aromatic carbocycles. The number of thiazole rings is 1. The Hall–Kier alpha value is -1.33. The zero-order chi connectivity index (χ0) is 14.1. The standard InChI is InChI=1S/C14H16ClN3OS/c1-9(19)16-11-4-6-18(7-5-11)14-17-12-3-2-10(15)8-13(12)20-14/h2-3,8,11H,4-7H2,1H3,(H,16,19). The minimum atomic E-state index is 0.0538. The van der Waals surface area contributed by atoms with Gasteiger partial charge in [0.1, 0.15) is 0 Å². The summed E-state index contributed by atoms with van der Waals surface area (Å²) in [6.45, 7) is 3.43. The zero-order valence-electron chi connectivity index (χ0n) is 11.2. The third kappa shape index (κ3) is 2.88. The Kier molecular flexibility index (Phi) is 3.81. The highest BCUT2D eigenvalue weighted by atomic mass is 35.5. The molecular weight excluding hydrogens is 294 g/mol. The lowest BCUT2D eigenvalue weighted by molar-refractivity contribution is -0.119. The Balaban J connectivity index is 1.71. The predicted octanol–water partition coefficient (Wildman–Crippen LogP) is 3.05. The molecule has 3 rings (SSSR count). The Bertz CT molecular complexity index is 634. The average Bonchev–Trinajstić information content (AvgIpc) is 2.81. The largest absolute Gasteiger partial charge is 0.353 e. The number of carbonyl (C=O) groups is 1. The van der Waals surface area contributed by atoms with E-state index in [0.29, 0.717) is 6.04 Å². The fourth-order valence-corrected chi connectivity index (χ4v) is 3.82. The van der Waals surface area contributed by atoms with Crippen LogP contribution in [-0.2, 0) is 4.79 Å². The molecule has 1 N–H and O–H groups in total. The van der Waals surface area contributed by atoms with E-state index in [1.807, 2.05) is 18.2 Å². The highest BCUT2D eigenvalue weighted by Gasteiger charge is 2.21. The van der Waals surface area contributed by atoms with E-state index in [9.17, 15) is 4.79 Å². The second kappa shape index (κ2) is 5.58. The van der Waals surface area contributed by atoms with Crippen molar-refractivity contribution in [2.75, 3.05) is 18.0 Å². The summed E-state index contributed by atoms with van der Waals surface area (Å²) in [5, 5.41) is 4.78. The molecule has 1 amide bonds. The van der Waals surface area contributed by atoms with E-state index >= 15 is 0 Å². The summed E-state index contributed by atoms with van der Waals surface area (Å²) in [6.07, 6.45) is 1.94. The van der Waals surface area contributed by atoms with Crippen LogP contribution in [0.1, 0.15) is 19.8 Å². The zero-order valence-corrected chi connectivity index (χ0v) is 12.8. The molecule has 0 spiro atoms. The van der Waals surface area contributed by atoms with Gasteiger partial charge >= 0.3 is 0 Å². The average molecular weight is 310 g/mol. The summed E-state index contributed by atoms with van der Waals surface area (Å²) < 4.78 is 1.12. The summed E-state index contributed by atoms with van der Waals surface area (Å²) in [5.74, 6) is 0.0538. The van der Waals surface area contributed by atoms with Gasteiger partial charge in [-0.05, 0) is 31.0 Å². The van der Waals surface area contributed by atoms with Gasteiger partial charge in [0.15, 0.2) is 5.13 Å². The molecule has 1 aliphatic rings. The number of aromatic nitrogens is 1. The molecule has 1 fully saturated rings. The van der Waals surface area contributed by atoms with Crippen molar-refractivity contribution in [2.45, 2.75) is 25.8 Å². The van der Waals surface area contributed by atoms with E-state index in [-0.39, 0.29) is 5.91 Å². The van der Waals surface area contributed by atoms with Gasteiger partial charge in [-0.2, -0.15) is 0 Å². The van der Waals surface area contributed by atoms with Crippen molar-refractivity contribution in [3.8, 4) is 0 Å². The van der Waals surface area contributed by atoms with Gasteiger partial charge in [0.25, 0.3) is 0 Å². The molecule has 20 heavy (non-hydrogen) atoms. The number of amides is 1. The van der Waals surface area contributed by atoms with Gasteiger partial charge in [0.2, 0.25) is 5.91 Å². The number of nitrogens with one attached hydrogen (secondary N) is 1. The molecule has 4 nitrogen and oxygen atoms in total. The van der Waals surface area contributed by atoms with Crippen molar-refractivity contribution in [1.82, 2.24) is 10.3 Å². The number of halogens is 1. The van der Waals surface area contributed by atoms with Crippen molar-refractivity contribution in [1.29, 1.82) is 0 Å². The quantitative estimate of drug-likeness (QED) is 0.927. The predicted molar refractivity (Wildman–Crippen MR) is 83.7 cm³/mol. The number of fused-ring (bicyclic) bond motifs is 1. The maximum Gasteiger partial charge on any atom is 0.217 e. The molecular formula is C14H16ClN3OS. The molecule has 1 aromatic heterocycles. The van der Waals surface area contributed by atoms with Gasteiger partial charge < -0.3 is 10.2 Å². The van der Waals surface area contributed by atoms with E-state index in [1.54, 1.807) is 18.3 Å². The molecule has 2 aromatic rings. The minimum absolute atomic E-state index is 0.0538. The highest BCUT2D eigenvalue weighted by Crippen LogP contribution is 2.32. The maximum absolute atomic E-state index is 11.1. The molecule has 1 saturated heterocycles. The molecule has 0 saturated carbocycles. The molecule has 0 unspecified atom stereocenters. The molecule has 106 valence electrons. The van der Waals surface area contributed by atoms with Gasteiger partial charge in [0.05, 0.1) is 10.2 Å². The van der Waals surface area contributed by atoms with Gasteiger partial charge in [-0.15, -0.1) is 0 Å². The molecule has 0 bridgehead atoms. The van der Waals surface area contributed by atoms with Crippen LogP contribution < -0.4 is 10.2 Å². The van der Waals surface area contributed by atoms with E-state index < -0.39 is 0 Å². The highest BCUT2D eigenvalue weighted by molar-refractivity contribution is 7.22. The fraction of sp³-hybridized carbons (Fsp3) is 0.429. The molecule has 0 radical (unpaired) electrons. The molecule has 6 heteroatoms. The van der Waals surface area contributed by atoms with E-state index in [4.69, 9.17) is 11.6 Å². The topological polar surface area (TPSA) is 45.2 Å². The van der Waals surface area contributed by atoms with Crippen LogP contribution in [0.25, 0.3) is 10.2 Å². The van der Waals surface area contributed by atoms with Crippen molar-refractivity contribution in [3.05, 3.63) is 23.2 Å². The van der Waals surface area contributed by atoms with Crippen LogP contribution >= 0.6 is 22.9 Å². The first kappa shape index (κ1) is 13.6. The summed E-state index contributed by atoms with van der Waals surface area (Å²) in [6, 6.07) is 6.09. The van der Waals surface area contributed by atoms with Gasteiger partial charge in [-0.3, -0.25) is 4.79 Å². The molecule has 0 atom stereocenters. The number of piperidine rings is 1. The number of rotatable bonds is 2. The number of benzene rings is 1. The van der Waals surface area contributed by atoms with E-state index in [0.717, 1.165) is 46.3 Å². The fourth-order valence-electron chi connectivity index (χ4n) is 2.52. The lowest BCUT2D eigenvalue weighted by Gasteiger charge is -2.31. The van der Waals surface area contributed by atoms with Crippen LogP contribution in [0, 0.1) is 0 Å². The van der Waals surface area contributed by atoms with Crippen LogP contribution in [-0.4, -0.2) is 30.0 Å². The van der Waals surface area contributed by atoms with Gasteiger partial charge in [-0.25, -0.2) is 4.98 Å². The first-order valence-corrected chi connectivity index (χ1v) is 7.89. The van der Waals surface area contributed by atoms with Crippen LogP contribution in [0.2, 0.25) is 5.02 Å². The Morgan fingerprint density at radius 1 is 1.45 bits per heavy atom. The molecule has 0 aliphatic carbocycles. The number of hydrogen-bond donors (Lipinski definition) is 1. The van der Waals surface area contributed by atoms with Crippen LogP contribution in [0.15, 0.2) is 18.2 Å². The second-order valence-electron chi connectivity index (χ2n) is 5.07. The first-order chi connectivity index (χ1) is 9.61.